The first-order valence-corrected chi connectivity index (χ1v) is 4.87. The number of allylic oxidation sites excluding steroid dienone is 2. The average molecular weight is 180 g/mol. The molecule has 13 heavy (non-hydrogen) atoms. The molecule has 1 heterocycles. The number of hydrogen-bond donors (Lipinski definition) is 0. The molecule has 0 aromatic carbocycles. The average Bonchev–Trinajstić information content (AvgIpc) is 2.59. The maximum atomic E-state index is 5.66. The van der Waals surface area contributed by atoms with E-state index in [1.807, 2.05) is 0 Å². The Balaban J connectivity index is 2.14. The number of ether oxygens (including phenoxy) is 2. The van der Waals surface area contributed by atoms with Gasteiger partial charge in [0, 0.05) is 12.8 Å². The van der Waals surface area contributed by atoms with Crippen molar-refractivity contribution in [3.63, 3.8) is 0 Å². The second-order valence-electron chi connectivity index (χ2n) is 3.70. The summed E-state index contributed by atoms with van der Waals surface area (Å²) in [7, 11) is 0. The van der Waals surface area contributed by atoms with E-state index in [2.05, 4.69) is 19.6 Å². The lowest BCUT2D eigenvalue weighted by atomic mass is 9.86. The molecular weight excluding hydrogens is 164 g/mol. The van der Waals surface area contributed by atoms with Crippen molar-refractivity contribution in [2.75, 3.05) is 13.2 Å². The summed E-state index contributed by atoms with van der Waals surface area (Å²) in [4.78, 5) is 0. The standard InChI is InChI=1S/C11H16O2/c1-3-10-8-11(5-4-9(10)2)12-6-7-13-11/h3H,2,4-8H2,1H3/b10-3-. The first-order chi connectivity index (χ1) is 6.26. The molecule has 0 atom stereocenters. The Morgan fingerprint density at radius 1 is 1.38 bits per heavy atom. The molecule has 1 spiro atoms. The van der Waals surface area contributed by atoms with Crippen LogP contribution < -0.4 is 0 Å². The van der Waals surface area contributed by atoms with E-state index >= 15 is 0 Å². The molecule has 0 radical (unpaired) electrons. The monoisotopic (exact) mass is 180 g/mol. The van der Waals surface area contributed by atoms with Crippen LogP contribution in [0.4, 0.5) is 0 Å². The van der Waals surface area contributed by atoms with Gasteiger partial charge in [0.25, 0.3) is 0 Å². The molecule has 0 bridgehead atoms. The summed E-state index contributed by atoms with van der Waals surface area (Å²) in [6.45, 7) is 7.57. The Kier molecular flexibility index (Phi) is 2.26. The predicted molar refractivity (Wildman–Crippen MR) is 51.4 cm³/mol. The number of rotatable bonds is 0. The highest BCUT2D eigenvalue weighted by atomic mass is 16.7. The van der Waals surface area contributed by atoms with Gasteiger partial charge in [-0.1, -0.05) is 18.2 Å². The Morgan fingerprint density at radius 3 is 2.69 bits per heavy atom. The summed E-state index contributed by atoms with van der Waals surface area (Å²) >= 11 is 0. The third-order valence-corrected chi connectivity index (χ3v) is 2.88. The van der Waals surface area contributed by atoms with Gasteiger partial charge in [0.2, 0.25) is 0 Å². The van der Waals surface area contributed by atoms with Crippen molar-refractivity contribution in [2.45, 2.75) is 32.0 Å². The van der Waals surface area contributed by atoms with Crippen molar-refractivity contribution >= 4 is 0 Å². The predicted octanol–water partition coefficient (Wildman–Crippen LogP) is 2.42. The zero-order chi connectivity index (χ0) is 9.31. The molecule has 2 nitrogen and oxygen atoms in total. The Bertz CT molecular complexity index is 247. The molecule has 0 amide bonds. The second kappa shape index (κ2) is 3.28. The van der Waals surface area contributed by atoms with Crippen LogP contribution in [0, 0.1) is 0 Å². The van der Waals surface area contributed by atoms with E-state index in [-0.39, 0.29) is 5.79 Å². The van der Waals surface area contributed by atoms with Crippen LogP contribution in [0.2, 0.25) is 0 Å². The fourth-order valence-electron chi connectivity index (χ4n) is 2.06. The summed E-state index contributed by atoms with van der Waals surface area (Å²) in [6, 6.07) is 0. The van der Waals surface area contributed by atoms with Gasteiger partial charge in [-0.3, -0.25) is 0 Å². The largest absolute Gasteiger partial charge is 0.347 e. The highest BCUT2D eigenvalue weighted by Crippen LogP contribution is 2.40. The van der Waals surface area contributed by atoms with Gasteiger partial charge in [-0.25, -0.2) is 0 Å². The lowest BCUT2D eigenvalue weighted by molar-refractivity contribution is -0.163. The van der Waals surface area contributed by atoms with Crippen molar-refractivity contribution in [3.05, 3.63) is 23.8 Å². The zero-order valence-electron chi connectivity index (χ0n) is 8.14. The van der Waals surface area contributed by atoms with Gasteiger partial charge in [-0.2, -0.15) is 0 Å². The van der Waals surface area contributed by atoms with Crippen LogP contribution >= 0.6 is 0 Å². The van der Waals surface area contributed by atoms with Gasteiger partial charge >= 0.3 is 0 Å². The van der Waals surface area contributed by atoms with Gasteiger partial charge in [-0.15, -0.1) is 0 Å². The summed E-state index contributed by atoms with van der Waals surface area (Å²) in [6.07, 6.45) is 4.96. The maximum absolute atomic E-state index is 5.66. The fourth-order valence-corrected chi connectivity index (χ4v) is 2.06. The minimum absolute atomic E-state index is 0.303. The fraction of sp³-hybridized carbons (Fsp3) is 0.636. The molecule has 0 aromatic rings. The zero-order valence-corrected chi connectivity index (χ0v) is 8.14. The van der Waals surface area contributed by atoms with Gasteiger partial charge < -0.3 is 9.47 Å². The molecule has 2 fully saturated rings. The third kappa shape index (κ3) is 1.56. The molecule has 2 rings (SSSR count). The van der Waals surface area contributed by atoms with Crippen LogP contribution in [0.3, 0.4) is 0 Å². The van der Waals surface area contributed by atoms with Gasteiger partial charge in [0.05, 0.1) is 13.2 Å². The summed E-state index contributed by atoms with van der Waals surface area (Å²) in [5.41, 5.74) is 2.54. The van der Waals surface area contributed by atoms with E-state index < -0.39 is 0 Å². The Hall–Kier alpha value is -0.600. The minimum Gasteiger partial charge on any atom is -0.347 e. The summed E-state index contributed by atoms with van der Waals surface area (Å²) < 4.78 is 11.3. The molecule has 1 saturated heterocycles. The van der Waals surface area contributed by atoms with E-state index in [4.69, 9.17) is 9.47 Å². The highest BCUT2D eigenvalue weighted by molar-refractivity contribution is 5.31. The van der Waals surface area contributed by atoms with Crippen molar-refractivity contribution in [2.24, 2.45) is 0 Å². The van der Waals surface area contributed by atoms with Crippen LogP contribution in [-0.4, -0.2) is 19.0 Å². The smallest absolute Gasteiger partial charge is 0.172 e. The van der Waals surface area contributed by atoms with Crippen LogP contribution in [0.15, 0.2) is 23.8 Å². The Labute approximate surface area is 79.2 Å². The van der Waals surface area contributed by atoms with Crippen LogP contribution in [0.25, 0.3) is 0 Å². The normalized spacial score (nSPS) is 30.2. The van der Waals surface area contributed by atoms with Gasteiger partial charge in [-0.05, 0) is 18.9 Å². The van der Waals surface area contributed by atoms with Crippen molar-refractivity contribution in [3.8, 4) is 0 Å². The van der Waals surface area contributed by atoms with Gasteiger partial charge in [0.15, 0.2) is 5.79 Å². The SMILES string of the molecule is C=C1CCC2(C/C1=C/C)OCCO2. The van der Waals surface area contributed by atoms with Crippen LogP contribution in [0.5, 0.6) is 0 Å². The molecule has 72 valence electrons. The molecule has 1 saturated carbocycles. The van der Waals surface area contributed by atoms with E-state index in [1.54, 1.807) is 0 Å². The van der Waals surface area contributed by atoms with Crippen molar-refractivity contribution in [1.82, 2.24) is 0 Å². The molecule has 1 aliphatic carbocycles. The molecule has 0 unspecified atom stereocenters. The van der Waals surface area contributed by atoms with E-state index in [0.717, 1.165) is 32.5 Å². The molecule has 0 N–H and O–H groups in total. The quantitative estimate of drug-likeness (QED) is 0.570. The molecule has 2 aliphatic rings. The van der Waals surface area contributed by atoms with Crippen molar-refractivity contribution in [1.29, 1.82) is 0 Å². The Morgan fingerprint density at radius 2 is 2.08 bits per heavy atom. The third-order valence-electron chi connectivity index (χ3n) is 2.88. The van der Waals surface area contributed by atoms with Crippen LogP contribution in [0.1, 0.15) is 26.2 Å². The minimum atomic E-state index is -0.303. The highest BCUT2D eigenvalue weighted by Gasteiger charge is 2.40. The van der Waals surface area contributed by atoms with E-state index in [1.165, 1.54) is 11.1 Å². The molecule has 1 aliphatic heterocycles. The van der Waals surface area contributed by atoms with Gasteiger partial charge in [0.1, 0.15) is 0 Å². The molecule has 0 aromatic heterocycles. The second-order valence-corrected chi connectivity index (χ2v) is 3.70. The van der Waals surface area contributed by atoms with E-state index in [0.29, 0.717) is 0 Å². The maximum Gasteiger partial charge on any atom is 0.172 e. The number of hydrogen-bond acceptors (Lipinski definition) is 2. The summed E-state index contributed by atoms with van der Waals surface area (Å²) in [5, 5.41) is 0. The van der Waals surface area contributed by atoms with E-state index in [9.17, 15) is 0 Å². The molecular formula is C11H16O2. The van der Waals surface area contributed by atoms with Crippen molar-refractivity contribution < 1.29 is 9.47 Å². The first kappa shape index (κ1) is 8.97. The lowest BCUT2D eigenvalue weighted by Crippen LogP contribution is -2.34. The first-order valence-electron chi connectivity index (χ1n) is 4.87. The molecule has 2 heteroatoms. The van der Waals surface area contributed by atoms with Crippen LogP contribution in [-0.2, 0) is 9.47 Å². The lowest BCUT2D eigenvalue weighted by Gasteiger charge is -2.33. The summed E-state index contributed by atoms with van der Waals surface area (Å²) in [5.74, 6) is -0.303. The topological polar surface area (TPSA) is 18.5 Å².